The monoisotopic (exact) mass is 421 g/mol. The van der Waals surface area contributed by atoms with Crippen LogP contribution in [-0.2, 0) is 0 Å². The molecule has 0 aliphatic carbocycles. The van der Waals surface area contributed by atoms with Crippen LogP contribution in [0.2, 0.25) is 0 Å². The standard InChI is InChI=1S/C22H28FN3O2.ClH/c1-14(2)19(24)11-12-26(4)22(28)16-10-9-15(3)20(13-16)25-21(27)17-7-5-6-8-18(17)23;/h5-10,13-14,19H,11-12,24H2,1-4H3,(H,25,27);1H. The third kappa shape index (κ3) is 6.54. The van der Waals surface area contributed by atoms with Gasteiger partial charge in [-0.05, 0) is 49.1 Å². The molecular formula is C22H29ClFN3O2. The largest absolute Gasteiger partial charge is 0.342 e. The molecule has 0 heterocycles. The zero-order valence-electron chi connectivity index (χ0n) is 17.2. The van der Waals surface area contributed by atoms with E-state index in [4.69, 9.17) is 5.73 Å². The molecule has 0 bridgehead atoms. The predicted molar refractivity (Wildman–Crippen MR) is 117 cm³/mol. The predicted octanol–water partition coefficient (Wildman–Crippen LogP) is 4.25. The van der Waals surface area contributed by atoms with Crippen molar-refractivity contribution < 1.29 is 14.0 Å². The van der Waals surface area contributed by atoms with E-state index in [2.05, 4.69) is 19.2 Å². The number of nitrogens with one attached hydrogen (secondary N) is 1. The zero-order valence-corrected chi connectivity index (χ0v) is 18.1. The van der Waals surface area contributed by atoms with Crippen molar-refractivity contribution in [3.05, 3.63) is 65.0 Å². The van der Waals surface area contributed by atoms with E-state index < -0.39 is 11.7 Å². The van der Waals surface area contributed by atoms with Crippen LogP contribution in [0.5, 0.6) is 0 Å². The van der Waals surface area contributed by atoms with Crippen molar-refractivity contribution in [2.45, 2.75) is 33.2 Å². The van der Waals surface area contributed by atoms with Crippen LogP contribution < -0.4 is 11.1 Å². The molecule has 1 atom stereocenters. The van der Waals surface area contributed by atoms with Crippen molar-refractivity contribution in [3.63, 3.8) is 0 Å². The lowest BCUT2D eigenvalue weighted by Gasteiger charge is -2.22. The Kier molecular flexibility index (Phi) is 9.27. The maximum Gasteiger partial charge on any atom is 0.258 e. The van der Waals surface area contributed by atoms with Gasteiger partial charge in [-0.25, -0.2) is 4.39 Å². The third-order valence-corrected chi connectivity index (χ3v) is 4.85. The van der Waals surface area contributed by atoms with Crippen molar-refractivity contribution in [2.24, 2.45) is 11.7 Å². The number of aryl methyl sites for hydroxylation is 1. The lowest BCUT2D eigenvalue weighted by atomic mass is 10.0. The van der Waals surface area contributed by atoms with Crippen molar-refractivity contribution >= 4 is 29.9 Å². The summed E-state index contributed by atoms with van der Waals surface area (Å²) < 4.78 is 13.8. The second-order valence-electron chi connectivity index (χ2n) is 7.39. The topological polar surface area (TPSA) is 75.4 Å². The van der Waals surface area contributed by atoms with Gasteiger partial charge in [-0.15, -0.1) is 12.4 Å². The number of halogens is 2. The van der Waals surface area contributed by atoms with Crippen LogP contribution in [0.25, 0.3) is 0 Å². The molecule has 0 saturated heterocycles. The summed E-state index contributed by atoms with van der Waals surface area (Å²) in [5.74, 6) is -0.950. The molecule has 5 nitrogen and oxygen atoms in total. The first-order valence-electron chi connectivity index (χ1n) is 9.38. The van der Waals surface area contributed by atoms with Crippen LogP contribution in [-0.4, -0.2) is 36.3 Å². The van der Waals surface area contributed by atoms with Crippen LogP contribution in [0.3, 0.4) is 0 Å². The smallest absolute Gasteiger partial charge is 0.258 e. The Morgan fingerprint density at radius 2 is 1.83 bits per heavy atom. The van der Waals surface area contributed by atoms with Crippen LogP contribution in [0, 0.1) is 18.7 Å². The fraction of sp³-hybridized carbons (Fsp3) is 0.364. The van der Waals surface area contributed by atoms with Gasteiger partial charge in [-0.1, -0.05) is 32.0 Å². The van der Waals surface area contributed by atoms with E-state index in [1.165, 1.54) is 18.2 Å². The molecule has 1 unspecified atom stereocenters. The minimum atomic E-state index is -0.592. The number of benzene rings is 2. The molecule has 2 rings (SSSR count). The summed E-state index contributed by atoms with van der Waals surface area (Å²) in [6.07, 6.45) is 0.711. The molecule has 0 aromatic heterocycles. The molecule has 0 saturated carbocycles. The number of carbonyl (C=O) groups is 2. The number of hydrogen-bond donors (Lipinski definition) is 2. The van der Waals surface area contributed by atoms with E-state index in [9.17, 15) is 14.0 Å². The van der Waals surface area contributed by atoms with Crippen molar-refractivity contribution in [1.82, 2.24) is 4.90 Å². The SMILES string of the molecule is Cc1ccc(C(=O)N(C)CCC(N)C(C)C)cc1NC(=O)c1ccccc1F.Cl. The minimum Gasteiger partial charge on any atom is -0.342 e. The first kappa shape index (κ1) is 24.6. The van der Waals surface area contributed by atoms with Gasteiger partial charge in [0.1, 0.15) is 5.82 Å². The van der Waals surface area contributed by atoms with Gasteiger partial charge in [0.2, 0.25) is 0 Å². The molecule has 158 valence electrons. The molecule has 2 aromatic rings. The molecular weight excluding hydrogens is 393 g/mol. The van der Waals surface area contributed by atoms with Crippen LogP contribution >= 0.6 is 12.4 Å². The highest BCUT2D eigenvalue weighted by molar-refractivity contribution is 6.05. The van der Waals surface area contributed by atoms with E-state index >= 15 is 0 Å². The average Bonchev–Trinajstić information content (AvgIpc) is 2.67. The molecule has 3 N–H and O–H groups in total. The number of nitrogens with two attached hydrogens (primary N) is 1. The number of amides is 2. The highest BCUT2D eigenvalue weighted by atomic mass is 35.5. The molecule has 2 aromatic carbocycles. The number of anilines is 1. The maximum absolute atomic E-state index is 13.8. The number of carbonyl (C=O) groups excluding carboxylic acids is 2. The summed E-state index contributed by atoms with van der Waals surface area (Å²) in [6.45, 7) is 6.47. The molecule has 0 aliphatic heterocycles. The first-order chi connectivity index (χ1) is 13.2. The normalized spacial score (nSPS) is 11.6. The van der Waals surface area contributed by atoms with E-state index in [1.807, 2.05) is 6.92 Å². The summed E-state index contributed by atoms with van der Waals surface area (Å²) in [5.41, 5.74) is 7.73. The van der Waals surface area contributed by atoms with Crippen molar-refractivity contribution in [3.8, 4) is 0 Å². The first-order valence-corrected chi connectivity index (χ1v) is 9.38. The lowest BCUT2D eigenvalue weighted by molar-refractivity contribution is 0.0788. The van der Waals surface area contributed by atoms with Crippen molar-refractivity contribution in [1.29, 1.82) is 0 Å². The van der Waals surface area contributed by atoms with Crippen molar-refractivity contribution in [2.75, 3.05) is 18.9 Å². The second kappa shape index (κ2) is 10.9. The Balaban J connectivity index is 0.00000420. The molecule has 0 aliphatic rings. The summed E-state index contributed by atoms with van der Waals surface area (Å²) in [7, 11) is 1.73. The molecule has 0 radical (unpaired) electrons. The zero-order chi connectivity index (χ0) is 20.8. The van der Waals surface area contributed by atoms with Crippen LogP contribution in [0.4, 0.5) is 10.1 Å². The highest BCUT2D eigenvalue weighted by Gasteiger charge is 2.17. The van der Waals surface area contributed by atoms with Gasteiger partial charge in [0.05, 0.1) is 5.56 Å². The van der Waals surface area contributed by atoms with Crippen LogP contribution in [0.1, 0.15) is 46.5 Å². The summed E-state index contributed by atoms with van der Waals surface area (Å²) in [5, 5.41) is 2.70. The Bertz CT molecular complexity index is 858. The molecule has 0 fully saturated rings. The highest BCUT2D eigenvalue weighted by Crippen LogP contribution is 2.20. The van der Waals surface area contributed by atoms with Gasteiger partial charge >= 0.3 is 0 Å². The van der Waals surface area contributed by atoms with E-state index in [0.29, 0.717) is 30.1 Å². The fourth-order valence-corrected chi connectivity index (χ4v) is 2.72. The maximum atomic E-state index is 13.8. The number of hydrogen-bond acceptors (Lipinski definition) is 3. The average molecular weight is 422 g/mol. The third-order valence-electron chi connectivity index (χ3n) is 4.85. The molecule has 0 spiro atoms. The lowest BCUT2D eigenvalue weighted by Crippen LogP contribution is -2.34. The van der Waals surface area contributed by atoms with Crippen LogP contribution in [0.15, 0.2) is 42.5 Å². The summed E-state index contributed by atoms with van der Waals surface area (Å²) >= 11 is 0. The summed E-state index contributed by atoms with van der Waals surface area (Å²) in [6, 6.07) is 10.9. The van der Waals surface area contributed by atoms with Gasteiger partial charge in [-0.2, -0.15) is 0 Å². The molecule has 29 heavy (non-hydrogen) atoms. The van der Waals surface area contributed by atoms with Gasteiger partial charge in [0.15, 0.2) is 0 Å². The van der Waals surface area contributed by atoms with Gasteiger partial charge in [0.25, 0.3) is 11.8 Å². The fourth-order valence-electron chi connectivity index (χ4n) is 2.72. The Morgan fingerprint density at radius 1 is 1.17 bits per heavy atom. The van der Waals surface area contributed by atoms with E-state index in [0.717, 1.165) is 5.56 Å². The second-order valence-corrected chi connectivity index (χ2v) is 7.39. The Hall–Kier alpha value is -2.44. The van der Waals surface area contributed by atoms with E-state index in [1.54, 1.807) is 36.2 Å². The number of nitrogens with zero attached hydrogens (tertiary/aromatic N) is 1. The minimum absolute atomic E-state index is 0. The Morgan fingerprint density at radius 3 is 2.45 bits per heavy atom. The van der Waals surface area contributed by atoms with Gasteiger partial charge in [-0.3, -0.25) is 9.59 Å². The van der Waals surface area contributed by atoms with Gasteiger partial charge in [0, 0.05) is 30.9 Å². The summed E-state index contributed by atoms with van der Waals surface area (Å²) in [4.78, 5) is 26.7. The number of rotatable bonds is 7. The quantitative estimate of drug-likeness (QED) is 0.701. The molecule has 7 heteroatoms. The van der Waals surface area contributed by atoms with Gasteiger partial charge < -0.3 is 16.0 Å². The molecule has 2 amide bonds. The Labute approximate surface area is 177 Å². The van der Waals surface area contributed by atoms with E-state index in [-0.39, 0.29) is 29.9 Å².